The highest BCUT2D eigenvalue weighted by atomic mass is 16.5. The Hall–Kier alpha value is -0.860. The van der Waals surface area contributed by atoms with Gasteiger partial charge in [-0.2, -0.15) is 0 Å². The molecule has 2 saturated carbocycles. The maximum Gasteiger partial charge on any atom is 0.309 e. The van der Waals surface area contributed by atoms with Gasteiger partial charge in [0, 0.05) is 12.3 Å². The molecule has 3 heteroatoms. The Labute approximate surface area is 83.8 Å². The molecule has 0 aromatic heterocycles. The number of fused-ring (bicyclic) bond motifs is 1. The van der Waals surface area contributed by atoms with Crippen molar-refractivity contribution in [1.29, 1.82) is 0 Å². The Balaban J connectivity index is 2.14. The first kappa shape index (κ1) is 9.69. The van der Waals surface area contributed by atoms with Crippen molar-refractivity contribution in [2.45, 2.75) is 32.1 Å². The second kappa shape index (κ2) is 3.71. The summed E-state index contributed by atoms with van der Waals surface area (Å²) >= 11 is 0. The Bertz CT molecular complexity index is 259. The van der Waals surface area contributed by atoms with Crippen molar-refractivity contribution in [3.8, 4) is 0 Å². The van der Waals surface area contributed by atoms with Crippen LogP contribution in [0.2, 0.25) is 0 Å². The summed E-state index contributed by atoms with van der Waals surface area (Å²) in [7, 11) is 1.41. The third kappa shape index (κ3) is 1.45. The van der Waals surface area contributed by atoms with Crippen LogP contribution in [0, 0.1) is 17.8 Å². The molecule has 3 nitrogen and oxygen atoms in total. The monoisotopic (exact) mass is 196 g/mol. The van der Waals surface area contributed by atoms with Gasteiger partial charge in [0.1, 0.15) is 5.78 Å². The van der Waals surface area contributed by atoms with Gasteiger partial charge in [0.25, 0.3) is 0 Å². The molecule has 14 heavy (non-hydrogen) atoms. The zero-order valence-corrected chi connectivity index (χ0v) is 8.49. The highest BCUT2D eigenvalue weighted by Crippen LogP contribution is 2.44. The van der Waals surface area contributed by atoms with E-state index in [-0.39, 0.29) is 23.6 Å². The molecule has 2 rings (SSSR count). The van der Waals surface area contributed by atoms with Crippen molar-refractivity contribution >= 4 is 11.8 Å². The lowest BCUT2D eigenvalue weighted by atomic mass is 9.77. The van der Waals surface area contributed by atoms with E-state index in [0.717, 1.165) is 25.7 Å². The number of esters is 1. The summed E-state index contributed by atoms with van der Waals surface area (Å²) in [4.78, 5) is 23.1. The van der Waals surface area contributed by atoms with E-state index in [2.05, 4.69) is 0 Å². The topological polar surface area (TPSA) is 43.4 Å². The fraction of sp³-hybridized carbons (Fsp3) is 0.818. The minimum atomic E-state index is -0.187. The van der Waals surface area contributed by atoms with E-state index in [1.165, 1.54) is 7.11 Å². The predicted octanol–water partition coefficient (Wildman–Crippen LogP) is 1.55. The lowest BCUT2D eigenvalue weighted by Crippen LogP contribution is -2.32. The van der Waals surface area contributed by atoms with Crippen LogP contribution in [-0.2, 0) is 14.3 Å². The zero-order chi connectivity index (χ0) is 10.1. The standard InChI is InChI=1S/C11H16O3/c1-14-11(13)8-6-5-7-3-2-4-9(12)10(7)8/h7-8,10H,2-6H2,1H3/t7-,8-,10-/m0/s1. The summed E-state index contributed by atoms with van der Waals surface area (Å²) in [6.45, 7) is 0. The maximum absolute atomic E-state index is 11.7. The molecule has 0 radical (unpaired) electrons. The molecular formula is C11H16O3. The SMILES string of the molecule is COC(=O)[C@H]1CC[C@@H]2CCCC(=O)[C@@H]21. The number of ether oxygens (including phenoxy) is 1. The van der Waals surface area contributed by atoms with Gasteiger partial charge in [-0.05, 0) is 31.6 Å². The van der Waals surface area contributed by atoms with Crippen molar-refractivity contribution in [1.82, 2.24) is 0 Å². The van der Waals surface area contributed by atoms with Crippen LogP contribution in [-0.4, -0.2) is 18.9 Å². The third-order valence-electron chi connectivity index (χ3n) is 3.66. The van der Waals surface area contributed by atoms with E-state index in [9.17, 15) is 9.59 Å². The Morgan fingerprint density at radius 2 is 2.14 bits per heavy atom. The first-order valence-electron chi connectivity index (χ1n) is 5.34. The first-order valence-corrected chi connectivity index (χ1v) is 5.34. The highest BCUT2D eigenvalue weighted by molar-refractivity contribution is 5.88. The molecule has 78 valence electrons. The van der Waals surface area contributed by atoms with E-state index in [0.29, 0.717) is 12.3 Å². The van der Waals surface area contributed by atoms with Gasteiger partial charge in [-0.3, -0.25) is 9.59 Å². The maximum atomic E-state index is 11.7. The molecule has 2 aliphatic carbocycles. The predicted molar refractivity (Wildman–Crippen MR) is 50.6 cm³/mol. The molecule has 0 aromatic rings. The molecule has 0 spiro atoms. The van der Waals surface area contributed by atoms with Crippen molar-refractivity contribution < 1.29 is 14.3 Å². The molecule has 0 aliphatic heterocycles. The van der Waals surface area contributed by atoms with E-state index in [4.69, 9.17) is 4.74 Å². The van der Waals surface area contributed by atoms with Crippen LogP contribution in [0.1, 0.15) is 32.1 Å². The molecule has 0 aromatic carbocycles. The minimum absolute atomic E-state index is 0.0174. The summed E-state index contributed by atoms with van der Waals surface area (Å²) in [6.07, 6.45) is 4.65. The van der Waals surface area contributed by atoms with Gasteiger partial charge in [0.15, 0.2) is 0 Å². The first-order chi connectivity index (χ1) is 6.74. The zero-order valence-electron chi connectivity index (χ0n) is 8.49. The summed E-state index contributed by atoms with van der Waals surface area (Å²) in [5.74, 6) is 0.399. The quantitative estimate of drug-likeness (QED) is 0.598. The summed E-state index contributed by atoms with van der Waals surface area (Å²) in [6, 6.07) is 0. The Morgan fingerprint density at radius 3 is 2.86 bits per heavy atom. The van der Waals surface area contributed by atoms with Gasteiger partial charge in [-0.25, -0.2) is 0 Å². The van der Waals surface area contributed by atoms with Crippen molar-refractivity contribution in [3.05, 3.63) is 0 Å². The molecule has 0 unspecified atom stereocenters. The second-order valence-corrected chi connectivity index (χ2v) is 4.35. The molecule has 0 heterocycles. The molecule has 0 N–H and O–H groups in total. The van der Waals surface area contributed by atoms with Gasteiger partial charge < -0.3 is 4.74 Å². The fourth-order valence-electron chi connectivity index (χ4n) is 3.01. The molecule has 0 bridgehead atoms. The van der Waals surface area contributed by atoms with Crippen molar-refractivity contribution in [2.75, 3.05) is 7.11 Å². The largest absolute Gasteiger partial charge is 0.469 e. The van der Waals surface area contributed by atoms with Crippen LogP contribution in [0.25, 0.3) is 0 Å². The average molecular weight is 196 g/mol. The molecule has 0 amide bonds. The van der Waals surface area contributed by atoms with E-state index < -0.39 is 0 Å². The average Bonchev–Trinajstić information content (AvgIpc) is 2.62. The second-order valence-electron chi connectivity index (χ2n) is 4.35. The van der Waals surface area contributed by atoms with Crippen LogP contribution < -0.4 is 0 Å². The molecular weight excluding hydrogens is 180 g/mol. The van der Waals surface area contributed by atoms with Crippen LogP contribution in [0.15, 0.2) is 0 Å². The van der Waals surface area contributed by atoms with Gasteiger partial charge in [-0.15, -0.1) is 0 Å². The third-order valence-corrected chi connectivity index (χ3v) is 3.66. The number of carbonyl (C=O) groups excluding carboxylic acids is 2. The lowest BCUT2D eigenvalue weighted by molar-refractivity contribution is -0.150. The Kier molecular flexibility index (Phi) is 2.57. The van der Waals surface area contributed by atoms with Gasteiger partial charge in [0.05, 0.1) is 13.0 Å². The van der Waals surface area contributed by atoms with Gasteiger partial charge in [0.2, 0.25) is 0 Å². The van der Waals surface area contributed by atoms with Crippen LogP contribution >= 0.6 is 0 Å². The molecule has 3 atom stereocenters. The number of carbonyl (C=O) groups is 2. The van der Waals surface area contributed by atoms with E-state index in [1.54, 1.807) is 0 Å². The van der Waals surface area contributed by atoms with E-state index in [1.807, 2.05) is 0 Å². The van der Waals surface area contributed by atoms with Gasteiger partial charge in [-0.1, -0.05) is 0 Å². The van der Waals surface area contributed by atoms with Crippen LogP contribution in [0.4, 0.5) is 0 Å². The normalized spacial score (nSPS) is 36.6. The summed E-state index contributed by atoms with van der Waals surface area (Å²) in [5.41, 5.74) is 0. The number of ketones is 1. The molecule has 2 aliphatic rings. The number of hydrogen-bond donors (Lipinski definition) is 0. The highest BCUT2D eigenvalue weighted by Gasteiger charge is 2.45. The Morgan fingerprint density at radius 1 is 1.36 bits per heavy atom. The number of methoxy groups -OCH3 is 1. The number of hydrogen-bond acceptors (Lipinski definition) is 3. The van der Waals surface area contributed by atoms with Crippen LogP contribution in [0.5, 0.6) is 0 Å². The number of rotatable bonds is 1. The number of Topliss-reactive ketones (excluding diaryl/α,β-unsaturated/α-hetero) is 1. The lowest BCUT2D eigenvalue weighted by Gasteiger charge is -2.26. The van der Waals surface area contributed by atoms with Crippen molar-refractivity contribution in [3.63, 3.8) is 0 Å². The van der Waals surface area contributed by atoms with Gasteiger partial charge >= 0.3 is 5.97 Å². The van der Waals surface area contributed by atoms with E-state index >= 15 is 0 Å². The summed E-state index contributed by atoms with van der Waals surface area (Å²) < 4.78 is 4.74. The van der Waals surface area contributed by atoms with Crippen molar-refractivity contribution in [2.24, 2.45) is 17.8 Å². The molecule has 0 saturated heterocycles. The summed E-state index contributed by atoms with van der Waals surface area (Å²) in [5, 5.41) is 0. The van der Waals surface area contributed by atoms with Crippen LogP contribution in [0.3, 0.4) is 0 Å². The smallest absolute Gasteiger partial charge is 0.309 e. The molecule has 2 fully saturated rings. The fourth-order valence-corrected chi connectivity index (χ4v) is 3.01. The minimum Gasteiger partial charge on any atom is -0.469 e.